The minimum Gasteiger partial charge on any atom is -0.110 e. The van der Waals surface area contributed by atoms with Crippen LogP contribution in [0, 0.1) is 0 Å². The maximum absolute atomic E-state index is 6.63. The molecule has 5 aromatic carbocycles. The lowest BCUT2D eigenvalue weighted by Gasteiger charge is -2.28. The maximum atomic E-state index is 6.63. The Morgan fingerprint density at radius 1 is 0.364 bits per heavy atom. The van der Waals surface area contributed by atoms with Gasteiger partial charge in [-0.05, 0) is 43.4 Å². The summed E-state index contributed by atoms with van der Waals surface area (Å²) in [6.07, 6.45) is 0. The van der Waals surface area contributed by atoms with Crippen molar-refractivity contribution < 1.29 is 0 Å². The highest BCUT2D eigenvalue weighted by molar-refractivity contribution is 6.73. The summed E-state index contributed by atoms with van der Waals surface area (Å²) in [7, 11) is 57.4. The van der Waals surface area contributed by atoms with Gasteiger partial charge in [-0.1, -0.05) is 69.8 Å². The lowest BCUT2D eigenvalue weighted by Crippen LogP contribution is -2.51. The average Bonchev–Trinajstić information content (AvgIpc) is 2.82. The van der Waals surface area contributed by atoms with Crippen LogP contribution in [0.15, 0.2) is 42.5 Å². The fourth-order valence-corrected chi connectivity index (χ4v) is 4.70. The van der Waals surface area contributed by atoms with Crippen molar-refractivity contribution in [2.45, 2.75) is 0 Å². The number of hydrogen-bond acceptors (Lipinski definition) is 0. The van der Waals surface area contributed by atoms with Crippen LogP contribution in [0.4, 0.5) is 0 Å². The molecule has 0 aliphatic carbocycles. The predicted molar refractivity (Wildman–Crippen MR) is 153 cm³/mol. The third-order valence-corrected chi connectivity index (χ3v) is 6.42. The van der Waals surface area contributed by atoms with Gasteiger partial charge in [-0.25, -0.2) is 0 Å². The van der Waals surface area contributed by atoms with E-state index in [2.05, 4.69) is 0 Å². The van der Waals surface area contributed by atoms with E-state index < -0.39 is 0 Å². The molecule has 0 spiro atoms. The molecule has 0 unspecified atom stereocenters. The zero-order valence-electron chi connectivity index (χ0n) is 17.7. The second-order valence-electron chi connectivity index (χ2n) is 8.12. The van der Waals surface area contributed by atoms with Crippen LogP contribution in [0.5, 0.6) is 0 Å². The Bertz CT molecular complexity index is 1570. The molecular weight excluding hydrogens is 386 g/mol. The molecule has 0 aliphatic heterocycles. The quantitative estimate of drug-likeness (QED) is 0.201. The fourth-order valence-electron chi connectivity index (χ4n) is 4.70. The highest BCUT2D eigenvalue weighted by Crippen LogP contribution is 2.36. The minimum atomic E-state index is 0.143. The Kier molecular flexibility index (Phi) is 5.24. The van der Waals surface area contributed by atoms with Gasteiger partial charge in [-0.3, -0.25) is 0 Å². The monoisotopic (exact) mass is 394 g/mol. The lowest BCUT2D eigenvalue weighted by molar-refractivity contribution is 1.73. The second kappa shape index (κ2) is 7.76. The first-order chi connectivity index (χ1) is 15.7. The molecule has 0 nitrogen and oxygen atoms in total. The van der Waals surface area contributed by atoms with E-state index in [4.69, 9.17) is 70.6 Å². The van der Waals surface area contributed by atoms with Gasteiger partial charge in [0.05, 0.1) is 0 Å². The van der Waals surface area contributed by atoms with Crippen LogP contribution >= 0.6 is 0 Å². The molecule has 0 saturated heterocycles. The summed E-state index contributed by atoms with van der Waals surface area (Å²) >= 11 is 0. The Labute approximate surface area is 205 Å². The summed E-state index contributed by atoms with van der Waals surface area (Å²) in [5.74, 6) is 0. The molecule has 130 valence electrons. The Morgan fingerprint density at radius 3 is 1.30 bits per heavy atom. The van der Waals surface area contributed by atoms with Gasteiger partial charge in [0.25, 0.3) is 0 Å². The van der Waals surface area contributed by atoms with Crippen LogP contribution in [-0.4, -0.2) is 70.6 Å². The molecule has 5 rings (SSSR count). The average molecular weight is 393 g/mol. The molecule has 5 aromatic rings. The zero-order valence-corrected chi connectivity index (χ0v) is 17.7. The third-order valence-electron chi connectivity index (χ3n) is 6.42. The van der Waals surface area contributed by atoms with Gasteiger partial charge in [0.15, 0.2) is 0 Å². The van der Waals surface area contributed by atoms with E-state index >= 15 is 0 Å². The van der Waals surface area contributed by atoms with Gasteiger partial charge in [-0.15, -0.1) is 21.9 Å². The molecule has 0 amide bonds. The van der Waals surface area contributed by atoms with Crippen LogP contribution in [0.1, 0.15) is 0 Å². The van der Waals surface area contributed by atoms with Crippen molar-refractivity contribution in [2.24, 2.45) is 0 Å². The van der Waals surface area contributed by atoms with Crippen molar-refractivity contribution in [2.75, 3.05) is 0 Å². The fraction of sp³-hybridized carbons (Fsp3) is 0. The molecular formula is C24H7B9. The molecule has 0 aliphatic rings. The highest BCUT2D eigenvalue weighted by Gasteiger charge is 2.22. The first kappa shape index (κ1) is 22.3. The van der Waals surface area contributed by atoms with Crippen molar-refractivity contribution in [3.63, 3.8) is 0 Å². The third kappa shape index (κ3) is 2.97. The van der Waals surface area contributed by atoms with Crippen molar-refractivity contribution in [3.05, 3.63) is 42.5 Å². The van der Waals surface area contributed by atoms with Crippen molar-refractivity contribution in [3.8, 4) is 11.1 Å². The maximum Gasteiger partial charge on any atom is 0.115 e. The minimum absolute atomic E-state index is 0.143. The predicted octanol–water partition coefficient (Wildman–Crippen LogP) is -4.04. The SMILES string of the molecule is [B]c1c([B])c([B])c2c(-c3cccc4ccccc34)c3c([B])c([B])c([B])c([B])c3c([B])c2c1[B]. The second-order valence-corrected chi connectivity index (χ2v) is 8.12. The molecule has 0 atom stereocenters. The van der Waals surface area contributed by atoms with Crippen molar-refractivity contribution in [1.82, 2.24) is 0 Å². The summed E-state index contributed by atoms with van der Waals surface area (Å²) in [5.41, 5.74) is 3.21. The van der Waals surface area contributed by atoms with Crippen LogP contribution < -0.4 is 49.2 Å². The Hall–Kier alpha value is -2.54. The van der Waals surface area contributed by atoms with E-state index in [0.29, 0.717) is 27.1 Å². The molecule has 0 aromatic heterocycles. The van der Waals surface area contributed by atoms with Crippen molar-refractivity contribution >= 4 is 152 Å². The zero-order chi connectivity index (χ0) is 23.8. The van der Waals surface area contributed by atoms with E-state index in [1.807, 2.05) is 42.5 Å². The van der Waals surface area contributed by atoms with Gasteiger partial charge in [0.1, 0.15) is 70.6 Å². The van der Waals surface area contributed by atoms with Gasteiger partial charge in [0.2, 0.25) is 0 Å². The normalized spacial score (nSPS) is 11.5. The molecule has 9 heteroatoms. The summed E-state index contributed by atoms with van der Waals surface area (Å²) in [6.45, 7) is 0. The van der Waals surface area contributed by atoms with Crippen molar-refractivity contribution in [1.29, 1.82) is 0 Å². The summed E-state index contributed by atoms with van der Waals surface area (Å²) < 4.78 is 0. The molecule has 0 bridgehead atoms. The molecule has 0 saturated carbocycles. The first-order valence-electron chi connectivity index (χ1n) is 10.2. The Morgan fingerprint density at radius 2 is 0.788 bits per heavy atom. The molecule has 0 N–H and O–H groups in total. The molecule has 0 fully saturated rings. The van der Waals surface area contributed by atoms with E-state index in [1.54, 1.807) is 0 Å². The number of hydrogen-bond donors (Lipinski definition) is 0. The summed E-state index contributed by atoms with van der Waals surface area (Å²) in [4.78, 5) is 0. The van der Waals surface area contributed by atoms with Gasteiger partial charge in [0, 0.05) is 0 Å². The molecule has 18 radical (unpaired) electrons. The van der Waals surface area contributed by atoms with Gasteiger partial charge < -0.3 is 0 Å². The van der Waals surface area contributed by atoms with E-state index in [-0.39, 0.29) is 49.2 Å². The lowest BCUT2D eigenvalue weighted by atomic mass is 9.58. The molecule has 0 heterocycles. The van der Waals surface area contributed by atoms with Gasteiger partial charge >= 0.3 is 0 Å². The summed E-state index contributed by atoms with van der Waals surface area (Å²) in [5, 5.41) is 3.88. The smallest absolute Gasteiger partial charge is 0.110 e. The molecule has 33 heavy (non-hydrogen) atoms. The van der Waals surface area contributed by atoms with Crippen LogP contribution in [0.25, 0.3) is 43.4 Å². The Balaban J connectivity index is 2.23. The van der Waals surface area contributed by atoms with E-state index in [0.717, 1.165) is 16.3 Å². The topological polar surface area (TPSA) is 0 Å². The standard InChI is InChI=1S/C24H7B9/c25-16-14-12(17(26)21(30)23(32)19(14)28)11(10-7-3-5-8-4-1-2-6-9(8)10)13-15(16)20(29)24(33)22(31)18(13)27/h1-7H. The van der Waals surface area contributed by atoms with Crippen LogP contribution in [0.3, 0.4) is 0 Å². The number of benzene rings is 5. The summed E-state index contributed by atoms with van der Waals surface area (Å²) in [6, 6.07) is 13.8. The number of rotatable bonds is 1. The van der Waals surface area contributed by atoms with Crippen LogP contribution in [-0.2, 0) is 0 Å². The largest absolute Gasteiger partial charge is 0.115 e. The number of fused-ring (bicyclic) bond motifs is 3. The van der Waals surface area contributed by atoms with E-state index in [9.17, 15) is 0 Å². The van der Waals surface area contributed by atoms with E-state index in [1.165, 1.54) is 0 Å². The van der Waals surface area contributed by atoms with Gasteiger partial charge in [-0.2, -0.15) is 0 Å². The first-order valence-corrected chi connectivity index (χ1v) is 10.2. The highest BCUT2D eigenvalue weighted by atomic mass is 14.2. The van der Waals surface area contributed by atoms with Crippen LogP contribution in [0.2, 0.25) is 0 Å².